The van der Waals surface area contributed by atoms with Gasteiger partial charge in [0.25, 0.3) is 0 Å². The van der Waals surface area contributed by atoms with Crippen LogP contribution in [0.2, 0.25) is 0 Å². The molecular formula is C11H20N2OS2. The van der Waals surface area contributed by atoms with Gasteiger partial charge in [0, 0.05) is 19.1 Å². The maximum Gasteiger partial charge on any atom is 0.233 e. The molecular weight excluding hydrogens is 240 g/mol. The number of hydrogen-bond acceptors (Lipinski definition) is 3. The van der Waals surface area contributed by atoms with Crippen LogP contribution < -0.4 is 5.32 Å². The van der Waals surface area contributed by atoms with E-state index in [1.807, 2.05) is 20.8 Å². The molecule has 1 aliphatic rings. The van der Waals surface area contributed by atoms with Crippen LogP contribution in [0, 0.1) is 0 Å². The van der Waals surface area contributed by atoms with E-state index in [4.69, 9.17) is 12.2 Å². The lowest BCUT2D eigenvalue weighted by molar-refractivity contribution is -0.120. The number of carbonyl (C=O) groups is 1. The van der Waals surface area contributed by atoms with E-state index in [9.17, 15) is 4.79 Å². The summed E-state index contributed by atoms with van der Waals surface area (Å²) in [5.41, 5.74) is 0. The largest absolute Gasteiger partial charge is 0.358 e. The Morgan fingerprint density at radius 1 is 1.31 bits per heavy atom. The maximum absolute atomic E-state index is 11.7. The van der Waals surface area contributed by atoms with Crippen molar-refractivity contribution in [1.82, 2.24) is 10.2 Å². The van der Waals surface area contributed by atoms with Gasteiger partial charge in [-0.3, -0.25) is 4.79 Å². The predicted octanol–water partition coefficient (Wildman–Crippen LogP) is 2.01. The molecule has 0 saturated carbocycles. The fourth-order valence-corrected chi connectivity index (χ4v) is 3.01. The normalized spacial score (nSPS) is 17.6. The molecule has 5 heteroatoms. The van der Waals surface area contributed by atoms with Gasteiger partial charge >= 0.3 is 0 Å². The van der Waals surface area contributed by atoms with Gasteiger partial charge in [-0.2, -0.15) is 0 Å². The van der Waals surface area contributed by atoms with E-state index in [1.54, 1.807) is 0 Å². The first kappa shape index (κ1) is 13.8. The number of carbonyl (C=O) groups excluding carboxylic acids is 1. The Kier molecular flexibility index (Phi) is 5.55. The van der Waals surface area contributed by atoms with Gasteiger partial charge in [-0.1, -0.05) is 24.0 Å². The van der Waals surface area contributed by atoms with E-state index in [1.165, 1.54) is 24.6 Å². The van der Waals surface area contributed by atoms with Crippen molar-refractivity contribution < 1.29 is 4.79 Å². The highest BCUT2D eigenvalue weighted by molar-refractivity contribution is 8.23. The summed E-state index contributed by atoms with van der Waals surface area (Å²) in [5, 5.41) is 2.80. The second-order valence-electron chi connectivity index (χ2n) is 4.38. The zero-order valence-corrected chi connectivity index (χ0v) is 11.8. The molecule has 92 valence electrons. The molecule has 0 unspecified atom stereocenters. The molecule has 1 amide bonds. The summed E-state index contributed by atoms with van der Waals surface area (Å²) in [6.07, 6.45) is 2.43. The number of likely N-dealkylation sites (tertiary alicyclic amines) is 1. The Morgan fingerprint density at radius 3 is 2.38 bits per heavy atom. The Hall–Kier alpha value is -0.290. The standard InChI is InChI=1S/C11H20N2OS2/c1-8(2)12-10(14)9(3)16-11(15)13-6-4-5-7-13/h8-9H,4-7H2,1-3H3,(H,12,14)/t9-/m0/s1. The molecule has 0 spiro atoms. The van der Waals surface area contributed by atoms with Crippen LogP contribution >= 0.6 is 24.0 Å². The van der Waals surface area contributed by atoms with Gasteiger partial charge in [-0.15, -0.1) is 0 Å². The Morgan fingerprint density at radius 2 is 1.88 bits per heavy atom. The van der Waals surface area contributed by atoms with Crippen molar-refractivity contribution in [3.63, 3.8) is 0 Å². The van der Waals surface area contributed by atoms with Gasteiger partial charge in [0.15, 0.2) is 0 Å². The number of hydrogen-bond donors (Lipinski definition) is 1. The third-order valence-electron chi connectivity index (χ3n) is 2.44. The second kappa shape index (κ2) is 6.45. The van der Waals surface area contributed by atoms with Gasteiger partial charge in [0.05, 0.1) is 5.25 Å². The van der Waals surface area contributed by atoms with Crippen molar-refractivity contribution in [3.05, 3.63) is 0 Å². The third-order valence-corrected chi connectivity index (χ3v) is 4.02. The molecule has 1 rings (SSSR count). The molecule has 0 aromatic heterocycles. The number of amides is 1. The summed E-state index contributed by atoms with van der Waals surface area (Å²) in [6, 6.07) is 0.191. The summed E-state index contributed by atoms with van der Waals surface area (Å²) in [4.78, 5) is 13.9. The zero-order valence-electron chi connectivity index (χ0n) is 10.2. The lowest BCUT2D eigenvalue weighted by atomic mass is 10.3. The highest BCUT2D eigenvalue weighted by Gasteiger charge is 2.21. The van der Waals surface area contributed by atoms with Crippen LogP contribution in [0.1, 0.15) is 33.6 Å². The quantitative estimate of drug-likeness (QED) is 0.787. The monoisotopic (exact) mass is 260 g/mol. The van der Waals surface area contributed by atoms with Crippen molar-refractivity contribution in [3.8, 4) is 0 Å². The van der Waals surface area contributed by atoms with Gasteiger partial charge in [0.2, 0.25) is 5.91 Å². The minimum absolute atomic E-state index is 0.0709. The first-order valence-electron chi connectivity index (χ1n) is 5.76. The minimum atomic E-state index is -0.101. The van der Waals surface area contributed by atoms with E-state index >= 15 is 0 Å². The van der Waals surface area contributed by atoms with Gasteiger partial charge in [0.1, 0.15) is 4.32 Å². The third kappa shape index (κ3) is 4.29. The summed E-state index contributed by atoms with van der Waals surface area (Å²) in [6.45, 7) is 7.93. The molecule has 0 bridgehead atoms. The Bertz CT molecular complexity index is 263. The highest BCUT2D eigenvalue weighted by atomic mass is 32.2. The van der Waals surface area contributed by atoms with E-state index in [0.29, 0.717) is 0 Å². The fourth-order valence-electron chi connectivity index (χ4n) is 1.58. The van der Waals surface area contributed by atoms with Crippen LogP contribution in [0.3, 0.4) is 0 Å². The van der Waals surface area contributed by atoms with Crippen molar-refractivity contribution in [2.75, 3.05) is 13.1 Å². The molecule has 0 aromatic rings. The van der Waals surface area contributed by atoms with Crippen molar-refractivity contribution in [1.29, 1.82) is 0 Å². The van der Waals surface area contributed by atoms with E-state index in [-0.39, 0.29) is 17.2 Å². The van der Waals surface area contributed by atoms with Crippen LogP contribution in [0.4, 0.5) is 0 Å². The lowest BCUT2D eigenvalue weighted by Gasteiger charge is -2.20. The molecule has 0 aromatic carbocycles. The average molecular weight is 260 g/mol. The number of thioether (sulfide) groups is 1. The van der Waals surface area contributed by atoms with Crippen LogP contribution in [0.15, 0.2) is 0 Å². The SMILES string of the molecule is CC(C)NC(=O)[C@H](C)SC(=S)N1CCCC1. The first-order valence-corrected chi connectivity index (χ1v) is 7.05. The zero-order chi connectivity index (χ0) is 12.1. The fraction of sp³-hybridized carbons (Fsp3) is 0.818. The summed E-state index contributed by atoms with van der Waals surface area (Å²) >= 11 is 6.82. The van der Waals surface area contributed by atoms with Crippen LogP contribution in [-0.2, 0) is 4.79 Å². The van der Waals surface area contributed by atoms with Crippen molar-refractivity contribution in [2.24, 2.45) is 0 Å². The smallest absolute Gasteiger partial charge is 0.233 e. The van der Waals surface area contributed by atoms with Gasteiger partial charge in [-0.25, -0.2) is 0 Å². The van der Waals surface area contributed by atoms with Gasteiger partial charge in [-0.05, 0) is 33.6 Å². The second-order valence-corrected chi connectivity index (χ2v) is 6.36. The van der Waals surface area contributed by atoms with Crippen molar-refractivity contribution >= 4 is 34.2 Å². The summed E-state index contributed by atoms with van der Waals surface area (Å²) < 4.78 is 0.865. The molecule has 16 heavy (non-hydrogen) atoms. The Balaban J connectivity index is 2.35. The summed E-state index contributed by atoms with van der Waals surface area (Å²) in [5.74, 6) is 0.0709. The molecule has 1 N–H and O–H groups in total. The number of thiocarbonyl (C=S) groups is 1. The van der Waals surface area contributed by atoms with Crippen LogP contribution in [0.25, 0.3) is 0 Å². The molecule has 1 fully saturated rings. The average Bonchev–Trinajstić information content (AvgIpc) is 2.68. The molecule has 1 aliphatic heterocycles. The lowest BCUT2D eigenvalue weighted by Crippen LogP contribution is -2.37. The number of nitrogens with zero attached hydrogens (tertiary/aromatic N) is 1. The van der Waals surface area contributed by atoms with Crippen LogP contribution in [0.5, 0.6) is 0 Å². The first-order chi connectivity index (χ1) is 7.50. The van der Waals surface area contributed by atoms with Crippen LogP contribution in [-0.4, -0.2) is 39.5 Å². The topological polar surface area (TPSA) is 32.3 Å². The predicted molar refractivity (Wildman–Crippen MR) is 73.7 cm³/mol. The van der Waals surface area contributed by atoms with E-state index in [2.05, 4.69) is 10.2 Å². The maximum atomic E-state index is 11.7. The minimum Gasteiger partial charge on any atom is -0.358 e. The molecule has 0 radical (unpaired) electrons. The number of nitrogens with one attached hydrogen (secondary N) is 1. The molecule has 3 nitrogen and oxygen atoms in total. The molecule has 1 heterocycles. The van der Waals surface area contributed by atoms with Crippen molar-refractivity contribution in [2.45, 2.75) is 44.9 Å². The number of rotatable bonds is 3. The van der Waals surface area contributed by atoms with E-state index in [0.717, 1.165) is 17.4 Å². The highest BCUT2D eigenvalue weighted by Crippen LogP contribution is 2.20. The molecule has 1 atom stereocenters. The summed E-state index contributed by atoms with van der Waals surface area (Å²) in [7, 11) is 0. The Labute approximate surface area is 107 Å². The molecule has 1 saturated heterocycles. The van der Waals surface area contributed by atoms with E-state index < -0.39 is 0 Å². The van der Waals surface area contributed by atoms with Gasteiger partial charge < -0.3 is 10.2 Å². The molecule has 0 aliphatic carbocycles.